The summed E-state index contributed by atoms with van der Waals surface area (Å²) in [5.74, 6) is -1.50. The first kappa shape index (κ1) is 19.8. The van der Waals surface area contributed by atoms with E-state index < -0.39 is 23.6 Å². The van der Waals surface area contributed by atoms with Crippen molar-refractivity contribution in [2.45, 2.75) is 31.3 Å². The molecule has 0 aliphatic carbocycles. The Morgan fingerprint density at radius 1 is 1.25 bits per heavy atom. The van der Waals surface area contributed by atoms with Crippen LogP contribution in [-0.2, 0) is 9.47 Å². The number of esters is 1. The van der Waals surface area contributed by atoms with Crippen molar-refractivity contribution in [1.82, 2.24) is 10.3 Å². The maximum absolute atomic E-state index is 11.5. The van der Waals surface area contributed by atoms with Crippen molar-refractivity contribution in [3.8, 4) is 0 Å². The molecule has 0 atom stereocenters. The van der Waals surface area contributed by atoms with Crippen LogP contribution in [0.3, 0.4) is 0 Å². The number of pyridine rings is 1. The number of ether oxygens (including phenoxy) is 2. The summed E-state index contributed by atoms with van der Waals surface area (Å²) in [6.07, 6.45) is -0.528. The molecule has 9 heteroatoms. The molecule has 0 spiro atoms. The molecule has 132 valence electrons. The topological polar surface area (TPSA) is 115 Å². The van der Waals surface area contributed by atoms with Crippen LogP contribution in [0.25, 0.3) is 0 Å². The molecular weight excluding hydrogens is 336 g/mol. The number of carboxylic acid groups (broad SMARTS) is 1. The average Bonchev–Trinajstić information content (AvgIpc) is 2.48. The van der Waals surface area contributed by atoms with E-state index in [0.29, 0.717) is 17.2 Å². The maximum Gasteiger partial charge on any atom is 0.407 e. The lowest BCUT2D eigenvalue weighted by Gasteiger charge is -2.19. The van der Waals surface area contributed by atoms with E-state index >= 15 is 0 Å². The quantitative estimate of drug-likeness (QED) is 0.453. The lowest BCUT2D eigenvalue weighted by molar-refractivity contribution is 0.0529. The fourth-order valence-corrected chi connectivity index (χ4v) is 2.37. The molecular formula is C15H20N2O6S. The van der Waals surface area contributed by atoms with Crippen molar-refractivity contribution in [3.63, 3.8) is 0 Å². The number of thioether (sulfide) groups is 1. The van der Waals surface area contributed by atoms with E-state index in [0.717, 1.165) is 0 Å². The summed E-state index contributed by atoms with van der Waals surface area (Å²) in [7, 11) is 1.19. The first-order chi connectivity index (χ1) is 11.1. The highest BCUT2D eigenvalue weighted by Gasteiger charge is 2.16. The monoisotopic (exact) mass is 356 g/mol. The molecule has 1 aromatic heterocycles. The Hall–Kier alpha value is -2.29. The molecule has 1 rings (SSSR count). The molecule has 0 aromatic carbocycles. The average molecular weight is 356 g/mol. The summed E-state index contributed by atoms with van der Waals surface area (Å²) in [5.41, 5.74) is -0.908. The largest absolute Gasteiger partial charge is 0.477 e. The number of carbonyl (C=O) groups excluding carboxylic acids is 2. The van der Waals surface area contributed by atoms with Crippen molar-refractivity contribution in [1.29, 1.82) is 0 Å². The number of alkyl carbamates (subject to hydrolysis) is 1. The first-order valence-electron chi connectivity index (χ1n) is 7.05. The highest BCUT2D eigenvalue weighted by molar-refractivity contribution is 7.99. The lowest BCUT2D eigenvalue weighted by atomic mass is 10.2. The van der Waals surface area contributed by atoms with Gasteiger partial charge in [-0.1, -0.05) is 0 Å². The minimum absolute atomic E-state index is 0.0833. The Morgan fingerprint density at radius 3 is 2.42 bits per heavy atom. The molecule has 0 radical (unpaired) electrons. The van der Waals surface area contributed by atoms with E-state index in [1.165, 1.54) is 31.0 Å². The fourth-order valence-electron chi connectivity index (χ4n) is 1.54. The number of amides is 1. The summed E-state index contributed by atoms with van der Waals surface area (Å²) in [5, 5.41) is 11.6. The van der Waals surface area contributed by atoms with Gasteiger partial charge in [0.25, 0.3) is 0 Å². The normalized spacial score (nSPS) is 10.8. The van der Waals surface area contributed by atoms with E-state index in [1.807, 2.05) is 0 Å². The maximum atomic E-state index is 11.5. The van der Waals surface area contributed by atoms with Crippen LogP contribution in [0, 0.1) is 0 Å². The number of aromatic carboxylic acids is 1. The van der Waals surface area contributed by atoms with Crippen LogP contribution < -0.4 is 5.32 Å². The SMILES string of the molecule is COC(=O)c1cc(SCCNC(=O)OC(C)(C)C)cc(C(=O)O)n1. The summed E-state index contributed by atoms with van der Waals surface area (Å²) < 4.78 is 9.65. The Kier molecular flexibility index (Phi) is 7.02. The summed E-state index contributed by atoms with van der Waals surface area (Å²) in [4.78, 5) is 38.4. The number of carboxylic acids is 1. The zero-order valence-electron chi connectivity index (χ0n) is 13.9. The number of nitrogens with one attached hydrogen (secondary N) is 1. The predicted molar refractivity (Wildman–Crippen MR) is 87.5 cm³/mol. The first-order valence-corrected chi connectivity index (χ1v) is 8.04. The van der Waals surface area contributed by atoms with Gasteiger partial charge in [0, 0.05) is 17.2 Å². The highest BCUT2D eigenvalue weighted by atomic mass is 32.2. The molecule has 0 fully saturated rings. The van der Waals surface area contributed by atoms with Gasteiger partial charge in [0.05, 0.1) is 7.11 Å². The van der Waals surface area contributed by atoms with Crippen molar-refractivity contribution in [2.24, 2.45) is 0 Å². The minimum Gasteiger partial charge on any atom is -0.477 e. The summed E-state index contributed by atoms with van der Waals surface area (Å²) in [6, 6.07) is 2.79. The zero-order chi connectivity index (χ0) is 18.3. The molecule has 1 heterocycles. The molecule has 24 heavy (non-hydrogen) atoms. The number of nitrogens with zero attached hydrogens (tertiary/aromatic N) is 1. The minimum atomic E-state index is -1.24. The second-order valence-electron chi connectivity index (χ2n) is 5.65. The van der Waals surface area contributed by atoms with Crippen LogP contribution in [-0.4, -0.2) is 53.1 Å². The van der Waals surface area contributed by atoms with E-state index in [9.17, 15) is 14.4 Å². The Balaban J connectivity index is 2.64. The van der Waals surface area contributed by atoms with E-state index in [-0.39, 0.29) is 11.4 Å². The molecule has 2 N–H and O–H groups in total. The Bertz CT molecular complexity index is 627. The third-order valence-electron chi connectivity index (χ3n) is 2.45. The van der Waals surface area contributed by atoms with Crippen LogP contribution in [0.15, 0.2) is 17.0 Å². The van der Waals surface area contributed by atoms with Crippen molar-refractivity contribution in [3.05, 3.63) is 23.5 Å². The highest BCUT2D eigenvalue weighted by Crippen LogP contribution is 2.20. The number of hydrogen-bond acceptors (Lipinski definition) is 7. The molecule has 0 unspecified atom stereocenters. The number of aromatic nitrogens is 1. The number of hydrogen-bond donors (Lipinski definition) is 2. The predicted octanol–water partition coefficient (Wildman–Crippen LogP) is 2.18. The third kappa shape index (κ3) is 6.86. The van der Waals surface area contributed by atoms with Crippen LogP contribution in [0.2, 0.25) is 0 Å². The standard InChI is InChI=1S/C15H20N2O6S/c1-15(2,3)23-14(21)16-5-6-24-9-7-10(12(18)19)17-11(8-9)13(20)22-4/h7-8H,5-6H2,1-4H3,(H,16,21)(H,18,19). The van der Waals surface area contributed by atoms with Crippen molar-refractivity contribution in [2.75, 3.05) is 19.4 Å². The van der Waals surface area contributed by atoms with Gasteiger partial charge in [-0.25, -0.2) is 19.4 Å². The van der Waals surface area contributed by atoms with Gasteiger partial charge < -0.3 is 19.9 Å². The van der Waals surface area contributed by atoms with Gasteiger partial charge in [-0.2, -0.15) is 0 Å². The Labute approximate surface area is 143 Å². The molecule has 0 bridgehead atoms. The van der Waals surface area contributed by atoms with Gasteiger partial charge in [0.1, 0.15) is 17.0 Å². The van der Waals surface area contributed by atoms with Gasteiger partial charge in [-0.3, -0.25) is 0 Å². The zero-order valence-corrected chi connectivity index (χ0v) is 14.7. The van der Waals surface area contributed by atoms with Gasteiger partial charge >= 0.3 is 18.0 Å². The van der Waals surface area contributed by atoms with Gasteiger partial charge in [0.15, 0.2) is 0 Å². The van der Waals surface area contributed by atoms with Crippen molar-refractivity contribution < 1.29 is 29.0 Å². The van der Waals surface area contributed by atoms with E-state index in [1.54, 1.807) is 20.8 Å². The lowest BCUT2D eigenvalue weighted by Crippen LogP contribution is -2.33. The number of methoxy groups -OCH3 is 1. The second-order valence-corrected chi connectivity index (χ2v) is 6.82. The fraction of sp³-hybridized carbons (Fsp3) is 0.467. The van der Waals surface area contributed by atoms with Crippen molar-refractivity contribution >= 4 is 29.8 Å². The molecule has 0 aliphatic rings. The van der Waals surface area contributed by atoms with Crippen LogP contribution in [0.5, 0.6) is 0 Å². The summed E-state index contributed by atoms with van der Waals surface area (Å²) in [6.45, 7) is 5.61. The molecule has 1 amide bonds. The van der Waals surface area contributed by atoms with Gasteiger partial charge in [-0.05, 0) is 32.9 Å². The third-order valence-corrected chi connectivity index (χ3v) is 3.43. The van der Waals surface area contributed by atoms with Crippen LogP contribution in [0.4, 0.5) is 4.79 Å². The van der Waals surface area contributed by atoms with Gasteiger partial charge in [0.2, 0.25) is 0 Å². The molecule has 0 saturated heterocycles. The Morgan fingerprint density at radius 2 is 1.88 bits per heavy atom. The summed E-state index contributed by atoms with van der Waals surface area (Å²) >= 11 is 1.27. The molecule has 1 aromatic rings. The number of carbonyl (C=O) groups is 3. The van der Waals surface area contributed by atoms with Crippen LogP contribution >= 0.6 is 11.8 Å². The van der Waals surface area contributed by atoms with Crippen LogP contribution in [0.1, 0.15) is 41.7 Å². The molecule has 0 saturated carbocycles. The second kappa shape index (κ2) is 8.53. The molecule has 8 nitrogen and oxygen atoms in total. The molecule has 0 aliphatic heterocycles. The van der Waals surface area contributed by atoms with E-state index in [4.69, 9.17) is 9.84 Å². The van der Waals surface area contributed by atoms with Gasteiger partial charge in [-0.15, -0.1) is 11.8 Å². The number of rotatable bonds is 6. The van der Waals surface area contributed by atoms with E-state index in [2.05, 4.69) is 15.0 Å². The smallest absolute Gasteiger partial charge is 0.407 e.